The molecule has 1 aromatic heterocycles. The predicted octanol–water partition coefficient (Wildman–Crippen LogP) is 1.51. The number of ether oxygens (including phenoxy) is 1. The molecule has 2 N–H and O–H groups in total. The normalized spacial score (nSPS) is 27.0. The Hall–Kier alpha value is -1.92. The fourth-order valence-corrected chi connectivity index (χ4v) is 3.70. The Labute approximate surface area is 140 Å². The van der Waals surface area contributed by atoms with E-state index in [9.17, 15) is 18.4 Å². The van der Waals surface area contributed by atoms with Gasteiger partial charge in [-0.05, 0) is 25.2 Å². The van der Waals surface area contributed by atoms with Gasteiger partial charge in [0.25, 0.3) is 17.4 Å². The van der Waals surface area contributed by atoms with Crippen molar-refractivity contribution in [3.63, 3.8) is 0 Å². The molecule has 0 aromatic carbocycles. The summed E-state index contributed by atoms with van der Waals surface area (Å²) in [5, 5.41) is 11.8. The van der Waals surface area contributed by atoms with Gasteiger partial charge in [-0.1, -0.05) is 0 Å². The molecule has 6 nitrogen and oxygen atoms in total. The number of alkyl halides is 2. The number of hydrogen-bond donors (Lipinski definition) is 2. The second-order valence-corrected chi connectivity index (χ2v) is 6.63. The van der Waals surface area contributed by atoms with E-state index in [1.165, 1.54) is 17.8 Å². The number of rotatable bonds is 4. The minimum Gasteiger partial charge on any atom is -0.366 e. The van der Waals surface area contributed by atoms with Gasteiger partial charge in [0.1, 0.15) is 11.6 Å². The lowest BCUT2D eigenvalue weighted by Crippen LogP contribution is -2.42. The number of carbonyl (C=O) groups excluding carboxylic acids is 1. The Kier molecular flexibility index (Phi) is 4.13. The fraction of sp³-hybridized carbons (Fsp3) is 0.533. The summed E-state index contributed by atoms with van der Waals surface area (Å²) in [5.41, 5.74) is -2.46. The van der Waals surface area contributed by atoms with Crippen molar-refractivity contribution in [2.24, 2.45) is 5.92 Å². The van der Waals surface area contributed by atoms with Crippen LogP contribution in [0.2, 0.25) is 0 Å². The summed E-state index contributed by atoms with van der Waals surface area (Å²) in [4.78, 5) is 26.6. The molecule has 0 bridgehead atoms. The highest BCUT2D eigenvalue weighted by atomic mass is 32.2. The number of nitrogens with zero attached hydrogens (tertiary/aromatic N) is 1. The maximum atomic E-state index is 13.9. The van der Waals surface area contributed by atoms with Crippen LogP contribution in [0.3, 0.4) is 0 Å². The second kappa shape index (κ2) is 5.86. The summed E-state index contributed by atoms with van der Waals surface area (Å²) in [5.74, 6) is -4.67. The van der Waals surface area contributed by atoms with E-state index in [1.807, 2.05) is 6.07 Å². The zero-order chi connectivity index (χ0) is 17.5. The number of carbonyl (C=O) groups is 1. The van der Waals surface area contributed by atoms with Crippen molar-refractivity contribution in [1.29, 1.82) is 5.26 Å². The lowest BCUT2D eigenvalue weighted by atomic mass is 10.1. The standard InChI is InChI=1S/C15H15F2N3O3S/c1-24-13-8(6-18)5-9(12(22)20-13)11(21)19-7-14-10(15(14,16)17)3-2-4-23-14/h5,10H,2-4,7H2,1H3,(H,19,21)(H,20,22)/t10-,14+/m1/s1. The van der Waals surface area contributed by atoms with Crippen LogP contribution in [-0.4, -0.2) is 41.8 Å². The molecule has 0 radical (unpaired) electrons. The molecule has 1 aliphatic carbocycles. The summed E-state index contributed by atoms with van der Waals surface area (Å²) in [6.07, 6.45) is 2.60. The highest BCUT2D eigenvalue weighted by molar-refractivity contribution is 7.98. The number of fused-ring (bicyclic) bond motifs is 1. The van der Waals surface area contributed by atoms with Crippen LogP contribution in [0.1, 0.15) is 28.8 Å². The molecular formula is C15H15F2N3O3S. The third-order valence-electron chi connectivity index (χ3n) is 4.56. The molecule has 2 atom stereocenters. The molecule has 2 fully saturated rings. The maximum Gasteiger partial charge on any atom is 0.284 e. The zero-order valence-electron chi connectivity index (χ0n) is 12.8. The number of amides is 1. The Bertz CT molecular complexity index is 789. The average molecular weight is 355 g/mol. The lowest BCUT2D eigenvalue weighted by molar-refractivity contribution is -0.0576. The number of H-pyrrole nitrogens is 1. The molecule has 24 heavy (non-hydrogen) atoms. The smallest absolute Gasteiger partial charge is 0.284 e. The minimum absolute atomic E-state index is 0.147. The monoisotopic (exact) mass is 355 g/mol. The SMILES string of the molecule is CSc1[nH]c(=O)c(C(=O)NC[C@]23OCCC[C@H]2C3(F)F)cc1C#N. The van der Waals surface area contributed by atoms with Crippen LogP contribution < -0.4 is 10.9 Å². The Morgan fingerprint density at radius 1 is 1.62 bits per heavy atom. The summed E-state index contributed by atoms with van der Waals surface area (Å²) in [6, 6.07) is 3.06. The van der Waals surface area contributed by atoms with E-state index in [4.69, 9.17) is 10.00 Å². The number of halogens is 2. The Balaban J connectivity index is 1.77. The Morgan fingerprint density at radius 3 is 3.00 bits per heavy atom. The highest BCUT2D eigenvalue weighted by Gasteiger charge is 2.82. The van der Waals surface area contributed by atoms with Crippen LogP contribution in [0, 0.1) is 17.2 Å². The van der Waals surface area contributed by atoms with Crippen LogP contribution in [0.4, 0.5) is 8.78 Å². The maximum absolute atomic E-state index is 13.9. The molecule has 0 spiro atoms. The van der Waals surface area contributed by atoms with Gasteiger partial charge < -0.3 is 15.0 Å². The molecule has 9 heteroatoms. The summed E-state index contributed by atoms with van der Waals surface area (Å²) in [7, 11) is 0. The van der Waals surface area contributed by atoms with E-state index in [2.05, 4.69) is 10.3 Å². The predicted molar refractivity (Wildman–Crippen MR) is 82.2 cm³/mol. The highest BCUT2D eigenvalue weighted by Crippen LogP contribution is 2.64. The van der Waals surface area contributed by atoms with Crippen LogP contribution in [0.5, 0.6) is 0 Å². The number of thioether (sulfide) groups is 1. The van der Waals surface area contributed by atoms with Gasteiger partial charge in [0.05, 0.1) is 23.1 Å². The lowest BCUT2D eigenvalue weighted by Gasteiger charge is -2.21. The topological polar surface area (TPSA) is 95.0 Å². The van der Waals surface area contributed by atoms with Gasteiger partial charge in [-0.2, -0.15) is 5.26 Å². The van der Waals surface area contributed by atoms with Gasteiger partial charge >= 0.3 is 0 Å². The van der Waals surface area contributed by atoms with Crippen molar-refractivity contribution in [2.45, 2.75) is 29.4 Å². The molecule has 0 unspecified atom stereocenters. The molecule has 1 aliphatic heterocycles. The van der Waals surface area contributed by atoms with Crippen molar-refractivity contribution in [3.8, 4) is 6.07 Å². The number of nitrogens with one attached hydrogen (secondary N) is 2. The number of aromatic amines is 1. The minimum atomic E-state index is -2.97. The van der Waals surface area contributed by atoms with Crippen molar-refractivity contribution in [1.82, 2.24) is 10.3 Å². The van der Waals surface area contributed by atoms with Crippen LogP contribution in [0.15, 0.2) is 15.9 Å². The zero-order valence-corrected chi connectivity index (χ0v) is 13.6. The van der Waals surface area contributed by atoms with Crippen molar-refractivity contribution in [3.05, 3.63) is 27.5 Å². The van der Waals surface area contributed by atoms with Crippen LogP contribution in [0.25, 0.3) is 0 Å². The average Bonchev–Trinajstić information content (AvgIpc) is 3.08. The fourth-order valence-electron chi connectivity index (χ4n) is 3.18. The Morgan fingerprint density at radius 2 is 2.38 bits per heavy atom. The molecule has 2 aliphatic rings. The van der Waals surface area contributed by atoms with E-state index in [-0.39, 0.29) is 24.3 Å². The number of aromatic nitrogens is 1. The van der Waals surface area contributed by atoms with Crippen LogP contribution >= 0.6 is 11.8 Å². The number of pyridine rings is 1. The second-order valence-electron chi connectivity index (χ2n) is 5.81. The quantitative estimate of drug-likeness (QED) is 0.799. The van der Waals surface area contributed by atoms with Crippen molar-refractivity contribution < 1.29 is 18.3 Å². The van der Waals surface area contributed by atoms with Gasteiger partial charge in [-0.25, -0.2) is 8.78 Å². The summed E-state index contributed by atoms with van der Waals surface area (Å²) in [6.45, 7) is -0.140. The van der Waals surface area contributed by atoms with Crippen LogP contribution in [-0.2, 0) is 4.74 Å². The molecule has 3 rings (SSSR count). The summed E-state index contributed by atoms with van der Waals surface area (Å²) < 4.78 is 33.1. The number of hydrogen-bond acceptors (Lipinski definition) is 5. The third-order valence-corrected chi connectivity index (χ3v) is 5.29. The molecule has 128 valence electrons. The van der Waals surface area contributed by atoms with Crippen molar-refractivity contribution >= 4 is 17.7 Å². The van der Waals surface area contributed by atoms with E-state index in [0.717, 1.165) is 0 Å². The van der Waals surface area contributed by atoms with Gasteiger partial charge in [0.2, 0.25) is 0 Å². The van der Waals surface area contributed by atoms with E-state index < -0.39 is 28.9 Å². The largest absolute Gasteiger partial charge is 0.366 e. The van der Waals surface area contributed by atoms with E-state index in [0.29, 0.717) is 17.9 Å². The first-order valence-electron chi connectivity index (χ1n) is 7.39. The first kappa shape index (κ1) is 16.9. The molecule has 1 saturated carbocycles. The van der Waals surface area contributed by atoms with Gasteiger partial charge in [-0.15, -0.1) is 11.8 Å². The van der Waals surface area contributed by atoms with E-state index >= 15 is 0 Å². The van der Waals surface area contributed by atoms with Crippen molar-refractivity contribution in [2.75, 3.05) is 19.4 Å². The first-order chi connectivity index (χ1) is 11.4. The van der Waals surface area contributed by atoms with Gasteiger partial charge in [0.15, 0.2) is 5.60 Å². The van der Waals surface area contributed by atoms with Gasteiger partial charge in [-0.3, -0.25) is 9.59 Å². The summed E-state index contributed by atoms with van der Waals surface area (Å²) >= 11 is 1.17. The molecule has 1 amide bonds. The molecule has 1 aromatic rings. The first-order valence-corrected chi connectivity index (χ1v) is 8.61. The van der Waals surface area contributed by atoms with Gasteiger partial charge in [0, 0.05) is 6.61 Å². The number of nitriles is 1. The molecule has 2 heterocycles. The third kappa shape index (κ3) is 2.41. The molecule has 1 saturated heterocycles. The molecular weight excluding hydrogens is 340 g/mol. The van der Waals surface area contributed by atoms with E-state index in [1.54, 1.807) is 6.26 Å².